The van der Waals surface area contributed by atoms with Crippen LogP contribution in [0, 0.1) is 0 Å². The molecule has 0 radical (unpaired) electrons. The molecule has 0 aliphatic carbocycles. The van der Waals surface area contributed by atoms with E-state index < -0.39 is 5.97 Å². The van der Waals surface area contributed by atoms with Crippen molar-refractivity contribution in [3.8, 4) is 5.75 Å². The van der Waals surface area contributed by atoms with Crippen LogP contribution in [0.4, 0.5) is 0 Å². The Morgan fingerprint density at radius 2 is 1.71 bits per heavy atom. The number of carboxylic acid groups (broad SMARTS) is 1. The predicted molar refractivity (Wildman–Crippen MR) is 134 cm³/mol. The summed E-state index contributed by atoms with van der Waals surface area (Å²) in [6.07, 6.45) is 5.33. The van der Waals surface area contributed by atoms with Gasteiger partial charge in [-0.2, -0.15) is 5.10 Å². The van der Waals surface area contributed by atoms with E-state index in [1.54, 1.807) is 6.08 Å². The molecule has 0 saturated carbocycles. The van der Waals surface area contributed by atoms with Crippen LogP contribution in [0.2, 0.25) is 0 Å². The molecule has 0 atom stereocenters. The van der Waals surface area contributed by atoms with Crippen molar-refractivity contribution in [2.75, 3.05) is 13.2 Å². The van der Waals surface area contributed by atoms with Gasteiger partial charge in [-0.1, -0.05) is 49.4 Å². The number of fused-ring (bicyclic) bond motifs is 1. The molecule has 34 heavy (non-hydrogen) atoms. The molecule has 0 spiro atoms. The minimum Gasteiger partial charge on any atom is -0.491 e. The van der Waals surface area contributed by atoms with Crippen molar-refractivity contribution in [3.63, 3.8) is 0 Å². The first kappa shape index (κ1) is 23.0. The number of carboxylic acids is 1. The van der Waals surface area contributed by atoms with E-state index in [4.69, 9.17) is 14.9 Å². The third-order valence-electron chi connectivity index (χ3n) is 5.56. The molecule has 0 amide bonds. The zero-order chi connectivity index (χ0) is 23.9. The largest absolute Gasteiger partial charge is 0.491 e. The second kappa shape index (κ2) is 10.6. The first-order valence-electron chi connectivity index (χ1n) is 11.1. The van der Waals surface area contributed by atoms with Gasteiger partial charge in [0, 0.05) is 11.5 Å². The number of hydrogen-bond acceptors (Lipinski definition) is 4. The van der Waals surface area contributed by atoms with Crippen molar-refractivity contribution in [3.05, 3.63) is 101 Å². The predicted octanol–water partition coefficient (Wildman–Crippen LogP) is 5.40. The number of nitrogens with zero attached hydrogens (tertiary/aromatic N) is 1. The van der Waals surface area contributed by atoms with Crippen molar-refractivity contribution in [2.45, 2.75) is 13.3 Å². The lowest BCUT2D eigenvalue weighted by Gasteiger charge is -2.17. The number of aliphatic hydroxyl groups excluding tert-OH is 1. The second-order valence-corrected chi connectivity index (χ2v) is 7.77. The first-order valence-corrected chi connectivity index (χ1v) is 11.1. The molecule has 0 aliphatic heterocycles. The molecule has 172 valence electrons. The van der Waals surface area contributed by atoms with Gasteiger partial charge in [0.25, 0.3) is 0 Å². The Bertz CT molecular complexity index is 1330. The normalized spacial score (nSPS) is 12.2. The highest BCUT2D eigenvalue weighted by Crippen LogP contribution is 2.36. The molecule has 0 aliphatic rings. The van der Waals surface area contributed by atoms with Crippen LogP contribution in [0.15, 0.2) is 79.0 Å². The fraction of sp³-hybridized carbons (Fsp3) is 0.143. The summed E-state index contributed by atoms with van der Waals surface area (Å²) in [6.45, 7) is 2.36. The van der Waals surface area contributed by atoms with Gasteiger partial charge < -0.3 is 14.9 Å². The lowest BCUT2D eigenvalue weighted by Crippen LogP contribution is -2.01. The molecule has 4 rings (SSSR count). The number of aromatic nitrogens is 2. The SMILES string of the molecule is CCC(=C(c1ccc(C=CC(=O)O)cc1)c1ccc2[nH]ncc2c1)c1ccc(OCCO)cc1. The number of aliphatic carboxylic acids is 1. The summed E-state index contributed by atoms with van der Waals surface area (Å²) in [7, 11) is 0. The van der Waals surface area contributed by atoms with Crippen molar-refractivity contribution in [1.29, 1.82) is 0 Å². The summed E-state index contributed by atoms with van der Waals surface area (Å²) >= 11 is 0. The quantitative estimate of drug-likeness (QED) is 0.232. The van der Waals surface area contributed by atoms with Gasteiger partial charge in [-0.25, -0.2) is 4.79 Å². The van der Waals surface area contributed by atoms with Crippen LogP contribution in [0.5, 0.6) is 5.75 Å². The average molecular weight is 455 g/mol. The van der Waals surface area contributed by atoms with Crippen LogP contribution in [0.25, 0.3) is 28.1 Å². The molecule has 6 heteroatoms. The highest BCUT2D eigenvalue weighted by molar-refractivity contribution is 6.00. The van der Waals surface area contributed by atoms with Crippen molar-refractivity contribution in [1.82, 2.24) is 10.2 Å². The summed E-state index contributed by atoms with van der Waals surface area (Å²) in [5, 5.41) is 26.1. The monoisotopic (exact) mass is 454 g/mol. The van der Waals surface area contributed by atoms with E-state index in [1.165, 1.54) is 5.57 Å². The summed E-state index contributed by atoms with van der Waals surface area (Å²) in [6, 6.07) is 22.0. The Kier molecular flexibility index (Phi) is 7.20. The van der Waals surface area contributed by atoms with Crippen LogP contribution >= 0.6 is 0 Å². The number of ether oxygens (including phenoxy) is 1. The van der Waals surface area contributed by atoms with E-state index in [2.05, 4.69) is 29.3 Å². The second-order valence-electron chi connectivity index (χ2n) is 7.77. The molecule has 0 saturated heterocycles. The number of hydrogen-bond donors (Lipinski definition) is 3. The lowest BCUT2D eigenvalue weighted by atomic mass is 9.87. The summed E-state index contributed by atoms with van der Waals surface area (Å²) < 4.78 is 5.52. The number of benzene rings is 3. The van der Waals surface area contributed by atoms with Gasteiger partial charge in [0.05, 0.1) is 18.3 Å². The van der Waals surface area contributed by atoms with Gasteiger partial charge in [-0.05, 0) is 70.2 Å². The summed E-state index contributed by atoms with van der Waals surface area (Å²) in [5.74, 6) is -0.262. The van der Waals surface area contributed by atoms with Gasteiger partial charge >= 0.3 is 5.97 Å². The molecule has 1 aromatic heterocycles. The van der Waals surface area contributed by atoms with Gasteiger partial charge in [-0.15, -0.1) is 0 Å². The highest BCUT2D eigenvalue weighted by atomic mass is 16.5. The van der Waals surface area contributed by atoms with Crippen molar-refractivity contribution < 1.29 is 19.7 Å². The van der Waals surface area contributed by atoms with Crippen LogP contribution in [-0.2, 0) is 4.79 Å². The fourth-order valence-electron chi connectivity index (χ4n) is 3.98. The average Bonchev–Trinajstić information content (AvgIpc) is 3.33. The van der Waals surface area contributed by atoms with Gasteiger partial charge in [0.1, 0.15) is 12.4 Å². The molecular weight excluding hydrogens is 428 g/mol. The Labute approximate surface area is 197 Å². The molecule has 0 bridgehead atoms. The number of carbonyl (C=O) groups is 1. The first-order chi connectivity index (χ1) is 16.6. The van der Waals surface area contributed by atoms with Crippen LogP contribution in [-0.4, -0.2) is 39.6 Å². The maximum atomic E-state index is 10.9. The van der Waals surface area contributed by atoms with Gasteiger partial charge in [0.15, 0.2) is 0 Å². The fourth-order valence-corrected chi connectivity index (χ4v) is 3.98. The van der Waals surface area contributed by atoms with Crippen molar-refractivity contribution >= 4 is 34.1 Å². The number of H-pyrrole nitrogens is 1. The molecule has 3 aromatic carbocycles. The number of allylic oxidation sites excluding steroid dienone is 1. The Balaban J connectivity index is 1.83. The Hall–Kier alpha value is -4.16. The minimum atomic E-state index is -0.974. The van der Waals surface area contributed by atoms with Gasteiger partial charge in [0.2, 0.25) is 0 Å². The van der Waals surface area contributed by atoms with Crippen LogP contribution < -0.4 is 4.74 Å². The maximum absolute atomic E-state index is 10.9. The molecule has 1 heterocycles. The molecule has 0 unspecified atom stereocenters. The minimum absolute atomic E-state index is 0.0276. The molecule has 0 fully saturated rings. The van der Waals surface area contributed by atoms with E-state index in [9.17, 15) is 4.79 Å². The number of nitrogens with one attached hydrogen (secondary N) is 1. The smallest absolute Gasteiger partial charge is 0.328 e. The maximum Gasteiger partial charge on any atom is 0.328 e. The van der Waals surface area contributed by atoms with Crippen molar-refractivity contribution in [2.24, 2.45) is 0 Å². The van der Waals surface area contributed by atoms with Crippen LogP contribution in [0.1, 0.15) is 35.6 Å². The standard InChI is InChI=1S/C28H26N2O4/c1-2-25(20-8-11-24(12-9-20)34-16-15-31)28(22-10-13-26-23(17-22)18-29-30-26)21-6-3-19(4-7-21)5-14-27(32)33/h3-14,17-18,31H,2,15-16H2,1H3,(H,29,30)(H,32,33). The van der Waals surface area contributed by atoms with E-state index in [-0.39, 0.29) is 13.2 Å². The molecular formula is C28H26N2O4. The zero-order valence-electron chi connectivity index (χ0n) is 18.9. The van der Waals surface area contributed by atoms with E-state index in [0.717, 1.165) is 51.2 Å². The highest BCUT2D eigenvalue weighted by Gasteiger charge is 2.14. The van der Waals surface area contributed by atoms with E-state index >= 15 is 0 Å². The van der Waals surface area contributed by atoms with E-state index in [0.29, 0.717) is 5.75 Å². The zero-order valence-corrected chi connectivity index (χ0v) is 18.9. The van der Waals surface area contributed by atoms with Crippen LogP contribution in [0.3, 0.4) is 0 Å². The number of aliphatic hydroxyl groups is 1. The summed E-state index contributed by atoms with van der Waals surface area (Å²) in [5.41, 5.74) is 7.25. The molecule has 4 aromatic rings. The Morgan fingerprint density at radius 3 is 2.38 bits per heavy atom. The summed E-state index contributed by atoms with van der Waals surface area (Å²) in [4.78, 5) is 10.9. The van der Waals surface area contributed by atoms with E-state index in [1.807, 2.05) is 60.8 Å². The molecule has 3 N–H and O–H groups in total. The Morgan fingerprint density at radius 1 is 1.00 bits per heavy atom. The lowest BCUT2D eigenvalue weighted by molar-refractivity contribution is -0.131. The topological polar surface area (TPSA) is 95.4 Å². The molecule has 6 nitrogen and oxygen atoms in total. The van der Waals surface area contributed by atoms with Gasteiger partial charge in [-0.3, -0.25) is 5.10 Å². The number of aromatic amines is 1. The third-order valence-corrected chi connectivity index (χ3v) is 5.56. The third kappa shape index (κ3) is 5.24. The number of rotatable bonds is 9.